The highest BCUT2D eigenvalue weighted by molar-refractivity contribution is 5.48. The molecule has 0 fully saturated rings. The van der Waals surface area contributed by atoms with Gasteiger partial charge in [0.15, 0.2) is 0 Å². The number of ether oxygens (including phenoxy) is 1. The summed E-state index contributed by atoms with van der Waals surface area (Å²) in [4.78, 5) is 2.67. The van der Waals surface area contributed by atoms with Gasteiger partial charge in [-0.1, -0.05) is 17.0 Å². The molecular weight excluding hydrogens is 214 g/mol. The van der Waals surface area contributed by atoms with Gasteiger partial charge in [-0.2, -0.15) is 0 Å². The standard InChI is InChI=1S/C13H15N3O/c1-10-8-12(6-4-5-7-15-16-14)9-11(2)13(10)17-3/h8-9H,5,7H2,1-3H3. The van der Waals surface area contributed by atoms with Crippen molar-refractivity contribution in [1.82, 2.24) is 0 Å². The first kappa shape index (κ1) is 13.0. The second-order valence-electron chi connectivity index (χ2n) is 3.65. The fourth-order valence-electron chi connectivity index (χ4n) is 1.66. The third-order valence-electron chi connectivity index (χ3n) is 2.30. The summed E-state index contributed by atoms with van der Waals surface area (Å²) >= 11 is 0. The van der Waals surface area contributed by atoms with E-state index in [9.17, 15) is 0 Å². The fourth-order valence-corrected chi connectivity index (χ4v) is 1.66. The minimum absolute atomic E-state index is 0.414. The third kappa shape index (κ3) is 3.75. The van der Waals surface area contributed by atoms with Crippen LogP contribution in [0.25, 0.3) is 10.4 Å². The Balaban J connectivity index is 2.82. The van der Waals surface area contributed by atoms with Gasteiger partial charge in [0.25, 0.3) is 0 Å². The molecule has 0 atom stereocenters. The predicted octanol–water partition coefficient (Wildman–Crippen LogP) is 3.36. The second-order valence-corrected chi connectivity index (χ2v) is 3.65. The Kier molecular flexibility index (Phi) is 4.93. The summed E-state index contributed by atoms with van der Waals surface area (Å²) in [6.07, 6.45) is 0.578. The molecule has 0 aliphatic rings. The van der Waals surface area contributed by atoms with E-state index in [-0.39, 0.29) is 0 Å². The number of rotatable bonds is 3. The average Bonchev–Trinajstić information content (AvgIpc) is 2.28. The Morgan fingerprint density at radius 2 is 2.00 bits per heavy atom. The lowest BCUT2D eigenvalue weighted by molar-refractivity contribution is 0.408. The van der Waals surface area contributed by atoms with E-state index in [0.29, 0.717) is 13.0 Å². The lowest BCUT2D eigenvalue weighted by atomic mass is 10.1. The first-order chi connectivity index (χ1) is 8.19. The molecule has 0 bridgehead atoms. The first-order valence-electron chi connectivity index (χ1n) is 5.34. The molecule has 4 heteroatoms. The Bertz CT molecular complexity index is 482. The molecule has 0 unspecified atom stereocenters. The van der Waals surface area contributed by atoms with Crippen LogP contribution in [0.1, 0.15) is 23.1 Å². The van der Waals surface area contributed by atoms with Crippen LogP contribution in [-0.2, 0) is 0 Å². The van der Waals surface area contributed by atoms with E-state index in [4.69, 9.17) is 10.3 Å². The monoisotopic (exact) mass is 229 g/mol. The summed E-state index contributed by atoms with van der Waals surface area (Å²) in [5, 5.41) is 3.42. The Morgan fingerprint density at radius 1 is 1.35 bits per heavy atom. The van der Waals surface area contributed by atoms with Gasteiger partial charge in [-0.15, -0.1) is 0 Å². The maximum absolute atomic E-state index is 8.11. The Hall–Kier alpha value is -2.11. The summed E-state index contributed by atoms with van der Waals surface area (Å²) in [6.45, 7) is 4.41. The Morgan fingerprint density at radius 3 is 2.53 bits per heavy atom. The van der Waals surface area contributed by atoms with Gasteiger partial charge < -0.3 is 4.74 Å². The zero-order valence-corrected chi connectivity index (χ0v) is 10.3. The molecule has 0 spiro atoms. The molecule has 0 saturated carbocycles. The number of nitrogens with zero attached hydrogens (tertiary/aromatic N) is 3. The van der Waals surface area contributed by atoms with Crippen LogP contribution in [0.2, 0.25) is 0 Å². The molecule has 0 aliphatic heterocycles. The van der Waals surface area contributed by atoms with Crippen molar-refractivity contribution in [3.05, 3.63) is 39.3 Å². The van der Waals surface area contributed by atoms with Crippen molar-refractivity contribution < 1.29 is 4.74 Å². The molecule has 1 aromatic rings. The van der Waals surface area contributed by atoms with Crippen LogP contribution in [0.4, 0.5) is 0 Å². The van der Waals surface area contributed by atoms with Gasteiger partial charge in [0.1, 0.15) is 5.75 Å². The van der Waals surface area contributed by atoms with Gasteiger partial charge >= 0.3 is 0 Å². The highest BCUT2D eigenvalue weighted by Crippen LogP contribution is 2.23. The predicted molar refractivity (Wildman–Crippen MR) is 68.0 cm³/mol. The van der Waals surface area contributed by atoms with Gasteiger partial charge in [0.05, 0.1) is 7.11 Å². The van der Waals surface area contributed by atoms with Crippen molar-refractivity contribution in [2.45, 2.75) is 20.3 Å². The summed E-state index contributed by atoms with van der Waals surface area (Å²) in [5.41, 5.74) is 11.2. The van der Waals surface area contributed by atoms with E-state index < -0.39 is 0 Å². The SMILES string of the molecule is COc1c(C)cc(C#CCCN=[N+]=[N-])cc1C. The fraction of sp³-hybridized carbons (Fsp3) is 0.385. The molecule has 0 N–H and O–H groups in total. The van der Waals surface area contributed by atoms with Crippen LogP contribution in [-0.4, -0.2) is 13.7 Å². The van der Waals surface area contributed by atoms with Gasteiger partial charge in [-0.05, 0) is 42.6 Å². The van der Waals surface area contributed by atoms with E-state index >= 15 is 0 Å². The van der Waals surface area contributed by atoms with Gasteiger partial charge in [-0.25, -0.2) is 0 Å². The molecule has 0 heterocycles. The van der Waals surface area contributed by atoms with Crippen LogP contribution in [0.15, 0.2) is 17.2 Å². The van der Waals surface area contributed by atoms with Gasteiger partial charge in [-0.3, -0.25) is 0 Å². The number of aryl methyl sites for hydroxylation is 2. The van der Waals surface area contributed by atoms with Crippen LogP contribution >= 0.6 is 0 Å². The quantitative estimate of drug-likeness (QED) is 0.258. The number of hydrogen-bond donors (Lipinski definition) is 0. The summed E-state index contributed by atoms with van der Waals surface area (Å²) < 4.78 is 5.28. The average molecular weight is 229 g/mol. The number of benzene rings is 1. The van der Waals surface area contributed by atoms with E-state index in [1.807, 2.05) is 26.0 Å². The van der Waals surface area contributed by atoms with Crippen molar-refractivity contribution in [2.24, 2.45) is 5.11 Å². The molecule has 17 heavy (non-hydrogen) atoms. The normalized spacial score (nSPS) is 8.88. The first-order valence-corrected chi connectivity index (χ1v) is 5.34. The molecule has 0 aliphatic carbocycles. The zero-order chi connectivity index (χ0) is 12.7. The summed E-state index contributed by atoms with van der Waals surface area (Å²) in [7, 11) is 1.67. The highest BCUT2D eigenvalue weighted by Gasteiger charge is 2.03. The molecule has 1 aromatic carbocycles. The maximum atomic E-state index is 8.11. The number of methoxy groups -OCH3 is 1. The lowest BCUT2D eigenvalue weighted by Gasteiger charge is -2.08. The molecule has 88 valence electrons. The maximum Gasteiger partial charge on any atom is 0.124 e. The van der Waals surface area contributed by atoms with Crippen molar-refractivity contribution >= 4 is 0 Å². The van der Waals surface area contributed by atoms with Crippen molar-refractivity contribution in [1.29, 1.82) is 0 Å². The van der Waals surface area contributed by atoms with E-state index in [1.54, 1.807) is 7.11 Å². The highest BCUT2D eigenvalue weighted by atomic mass is 16.5. The number of azide groups is 1. The van der Waals surface area contributed by atoms with Crippen molar-refractivity contribution in [2.75, 3.05) is 13.7 Å². The van der Waals surface area contributed by atoms with Crippen LogP contribution < -0.4 is 4.74 Å². The molecule has 0 aromatic heterocycles. The topological polar surface area (TPSA) is 58.0 Å². The lowest BCUT2D eigenvalue weighted by Crippen LogP contribution is -1.92. The minimum Gasteiger partial charge on any atom is -0.496 e. The second kappa shape index (κ2) is 6.47. The van der Waals surface area contributed by atoms with Crippen LogP contribution in [0.5, 0.6) is 5.75 Å². The molecular formula is C13H15N3O. The molecule has 0 saturated heterocycles. The molecule has 0 radical (unpaired) electrons. The van der Waals surface area contributed by atoms with Crippen LogP contribution in [0.3, 0.4) is 0 Å². The van der Waals surface area contributed by atoms with Gasteiger partial charge in [0.2, 0.25) is 0 Å². The van der Waals surface area contributed by atoms with Gasteiger partial charge in [0, 0.05) is 23.4 Å². The molecule has 1 rings (SSSR count). The smallest absolute Gasteiger partial charge is 0.124 e. The van der Waals surface area contributed by atoms with E-state index in [0.717, 1.165) is 22.4 Å². The minimum atomic E-state index is 0.414. The largest absolute Gasteiger partial charge is 0.496 e. The van der Waals surface area contributed by atoms with Crippen LogP contribution in [0, 0.1) is 25.7 Å². The summed E-state index contributed by atoms with van der Waals surface area (Å²) in [6, 6.07) is 3.98. The van der Waals surface area contributed by atoms with E-state index in [1.165, 1.54) is 0 Å². The van der Waals surface area contributed by atoms with E-state index in [2.05, 4.69) is 21.9 Å². The number of hydrogen-bond acceptors (Lipinski definition) is 2. The summed E-state index contributed by atoms with van der Waals surface area (Å²) in [5.74, 6) is 6.93. The molecule has 0 amide bonds. The molecule has 4 nitrogen and oxygen atoms in total. The third-order valence-corrected chi connectivity index (χ3v) is 2.30. The zero-order valence-electron chi connectivity index (χ0n) is 10.3. The van der Waals surface area contributed by atoms with Crippen molar-refractivity contribution in [3.8, 4) is 17.6 Å². The Labute approximate surface area is 101 Å². The van der Waals surface area contributed by atoms with Crippen molar-refractivity contribution in [3.63, 3.8) is 0 Å².